The number of aromatic nitrogens is 3. The van der Waals surface area contributed by atoms with Gasteiger partial charge in [-0.05, 0) is 65.6 Å². The van der Waals surface area contributed by atoms with Gasteiger partial charge in [0.15, 0.2) is 0 Å². The largest absolute Gasteiger partial charge is 0.480 e. The lowest BCUT2D eigenvalue weighted by Gasteiger charge is -2.37. The van der Waals surface area contributed by atoms with Gasteiger partial charge in [0.2, 0.25) is 0 Å². The maximum absolute atomic E-state index is 13.3. The molecule has 1 aliphatic rings. The first kappa shape index (κ1) is 32.6. The van der Waals surface area contributed by atoms with E-state index in [0.29, 0.717) is 29.6 Å². The second-order valence-electron chi connectivity index (χ2n) is 12.3. The van der Waals surface area contributed by atoms with E-state index >= 15 is 0 Å². The molecule has 0 unspecified atom stereocenters. The van der Waals surface area contributed by atoms with Gasteiger partial charge in [0.25, 0.3) is 15.8 Å². The van der Waals surface area contributed by atoms with E-state index in [-0.39, 0.29) is 25.2 Å². The van der Waals surface area contributed by atoms with E-state index in [9.17, 15) is 27.9 Å². The van der Waals surface area contributed by atoms with E-state index in [1.807, 2.05) is 24.3 Å². The Morgan fingerprint density at radius 2 is 1.57 bits per heavy atom. The van der Waals surface area contributed by atoms with Gasteiger partial charge in [-0.25, -0.2) is 4.79 Å². The summed E-state index contributed by atoms with van der Waals surface area (Å²) >= 11 is 0. The molecule has 0 aliphatic carbocycles. The highest BCUT2D eigenvalue weighted by atomic mass is 32.2. The zero-order valence-electron chi connectivity index (χ0n) is 26.1. The standard InChI is InChI=1S/C33H36N6O6S/c1-33(2,3)29(31(41)42)35-46(44,45)38-19-17-37(18-20-38)26-10-7-23(8-11-26)5-6-24-9-12-28-27(21-24)30(40)39(32(43)36(28)4)22-25-13-15-34-16-14-25/h7-16,21,29,35H,17-20,22H2,1-4H3,(H,41,42)/t29-/m0/s1. The van der Waals surface area contributed by atoms with Gasteiger partial charge in [0.05, 0.1) is 17.4 Å². The molecule has 0 bridgehead atoms. The number of benzene rings is 2. The number of nitrogens with one attached hydrogen (secondary N) is 1. The van der Waals surface area contributed by atoms with Gasteiger partial charge in [-0.2, -0.15) is 17.4 Å². The van der Waals surface area contributed by atoms with Crippen molar-refractivity contribution in [3.8, 4) is 11.8 Å². The van der Waals surface area contributed by atoms with E-state index in [1.54, 1.807) is 70.5 Å². The molecule has 5 rings (SSSR count). The molecule has 1 fully saturated rings. The molecule has 13 heteroatoms. The normalized spacial score (nSPS) is 14.9. The molecule has 1 aliphatic heterocycles. The third-order valence-electron chi connectivity index (χ3n) is 7.98. The number of rotatable bonds is 7. The van der Waals surface area contributed by atoms with E-state index in [2.05, 4.69) is 26.4 Å². The van der Waals surface area contributed by atoms with E-state index in [4.69, 9.17) is 0 Å². The molecule has 0 spiro atoms. The van der Waals surface area contributed by atoms with Crippen molar-refractivity contribution in [2.75, 3.05) is 31.1 Å². The molecule has 12 nitrogen and oxygen atoms in total. The van der Waals surface area contributed by atoms with Crippen LogP contribution >= 0.6 is 0 Å². The van der Waals surface area contributed by atoms with Gasteiger partial charge in [-0.3, -0.25) is 23.7 Å². The summed E-state index contributed by atoms with van der Waals surface area (Å²) in [5, 5.41) is 9.92. The van der Waals surface area contributed by atoms with Crippen molar-refractivity contribution in [3.63, 3.8) is 0 Å². The van der Waals surface area contributed by atoms with Crippen molar-refractivity contribution < 1.29 is 18.3 Å². The molecule has 0 radical (unpaired) electrons. The number of hydrogen-bond donors (Lipinski definition) is 2. The van der Waals surface area contributed by atoms with Crippen LogP contribution in [-0.4, -0.2) is 70.1 Å². The van der Waals surface area contributed by atoms with Gasteiger partial charge >= 0.3 is 11.7 Å². The number of fused-ring (bicyclic) bond motifs is 1. The quantitative estimate of drug-likeness (QED) is 0.291. The molecule has 2 aromatic heterocycles. The van der Waals surface area contributed by atoms with Crippen LogP contribution in [0.3, 0.4) is 0 Å². The van der Waals surface area contributed by atoms with Gasteiger partial charge in [0, 0.05) is 62.4 Å². The summed E-state index contributed by atoms with van der Waals surface area (Å²) in [5.41, 5.74) is 2.04. The minimum atomic E-state index is -3.98. The third-order valence-corrected chi connectivity index (χ3v) is 9.56. The van der Waals surface area contributed by atoms with Crippen LogP contribution in [0.1, 0.15) is 37.5 Å². The van der Waals surface area contributed by atoms with Crippen LogP contribution in [0.2, 0.25) is 0 Å². The highest BCUT2D eigenvalue weighted by molar-refractivity contribution is 7.87. The topological polar surface area (TPSA) is 147 Å². The Balaban J connectivity index is 1.28. The lowest BCUT2D eigenvalue weighted by atomic mass is 9.88. The number of aryl methyl sites for hydroxylation is 1. The smallest absolute Gasteiger partial charge is 0.331 e. The van der Waals surface area contributed by atoms with Crippen LogP contribution in [0.25, 0.3) is 10.9 Å². The summed E-state index contributed by atoms with van der Waals surface area (Å²) in [6, 6.07) is 15.1. The fraction of sp³-hybridized carbons (Fsp3) is 0.333. The van der Waals surface area contributed by atoms with Crippen LogP contribution in [0.5, 0.6) is 0 Å². The zero-order valence-corrected chi connectivity index (χ0v) is 26.9. The van der Waals surface area contributed by atoms with Crippen molar-refractivity contribution >= 4 is 32.8 Å². The average molecular weight is 645 g/mol. The molecular formula is C33H36N6O6S. The molecule has 240 valence electrons. The predicted octanol–water partition coefficient (Wildman–Crippen LogP) is 2.00. The Kier molecular flexibility index (Phi) is 9.16. The van der Waals surface area contributed by atoms with Gasteiger partial charge in [-0.15, -0.1) is 0 Å². The zero-order chi connectivity index (χ0) is 33.2. The lowest BCUT2D eigenvalue weighted by molar-refractivity contribution is -0.141. The summed E-state index contributed by atoms with van der Waals surface area (Å²) < 4.78 is 32.1. The number of carbonyl (C=O) groups is 1. The molecule has 0 saturated carbocycles. The Morgan fingerprint density at radius 1 is 0.957 bits per heavy atom. The number of nitrogens with zero attached hydrogens (tertiary/aromatic N) is 5. The maximum atomic E-state index is 13.3. The second-order valence-corrected chi connectivity index (χ2v) is 14.0. The SMILES string of the molecule is Cn1c(=O)n(Cc2ccncc2)c(=O)c2cc(C#Cc3ccc(N4CCN(S(=O)(=O)N[C@@H](C(=O)O)C(C)(C)C)CC4)cc3)ccc21. The molecule has 1 saturated heterocycles. The van der Waals surface area contributed by atoms with Crippen LogP contribution < -0.4 is 20.9 Å². The van der Waals surface area contributed by atoms with Crippen molar-refractivity contribution in [1.82, 2.24) is 23.1 Å². The summed E-state index contributed by atoms with van der Waals surface area (Å²) in [7, 11) is -2.34. The molecule has 46 heavy (non-hydrogen) atoms. The third kappa shape index (κ3) is 7.04. The Labute approximate surface area is 267 Å². The highest BCUT2D eigenvalue weighted by Gasteiger charge is 2.37. The number of hydrogen-bond acceptors (Lipinski definition) is 7. The minimum absolute atomic E-state index is 0.135. The van der Waals surface area contributed by atoms with E-state index < -0.39 is 33.3 Å². The van der Waals surface area contributed by atoms with Crippen molar-refractivity contribution in [2.45, 2.75) is 33.4 Å². The fourth-order valence-corrected chi connectivity index (χ4v) is 6.86. The molecular weight excluding hydrogens is 608 g/mol. The summed E-state index contributed by atoms with van der Waals surface area (Å²) in [6.45, 7) is 6.47. The van der Waals surface area contributed by atoms with Gasteiger partial charge in [-0.1, -0.05) is 32.6 Å². The summed E-state index contributed by atoms with van der Waals surface area (Å²) in [5.74, 6) is 5.02. The Morgan fingerprint density at radius 3 is 2.17 bits per heavy atom. The monoisotopic (exact) mass is 644 g/mol. The van der Waals surface area contributed by atoms with E-state index in [0.717, 1.165) is 16.8 Å². The molecule has 2 N–H and O–H groups in total. The Bertz CT molecular complexity index is 2050. The fourth-order valence-electron chi connectivity index (χ4n) is 5.31. The number of pyridine rings is 1. The number of anilines is 1. The van der Waals surface area contributed by atoms with Crippen molar-refractivity contribution in [2.24, 2.45) is 12.5 Å². The van der Waals surface area contributed by atoms with Gasteiger partial charge < -0.3 is 10.0 Å². The van der Waals surface area contributed by atoms with E-state index in [1.165, 1.54) is 13.4 Å². The molecule has 0 amide bonds. The first-order valence-electron chi connectivity index (χ1n) is 14.7. The lowest BCUT2D eigenvalue weighted by Crippen LogP contribution is -2.57. The van der Waals surface area contributed by atoms with Crippen LogP contribution in [0.15, 0.2) is 76.6 Å². The van der Waals surface area contributed by atoms with Gasteiger partial charge in [0.1, 0.15) is 6.04 Å². The first-order chi connectivity index (χ1) is 21.7. The summed E-state index contributed by atoms with van der Waals surface area (Å²) in [4.78, 5) is 44.0. The summed E-state index contributed by atoms with van der Waals surface area (Å²) in [6.07, 6.45) is 3.23. The predicted molar refractivity (Wildman–Crippen MR) is 176 cm³/mol. The number of carboxylic acid groups (broad SMARTS) is 1. The molecule has 2 aromatic carbocycles. The number of piperazine rings is 1. The average Bonchev–Trinajstić information content (AvgIpc) is 3.04. The minimum Gasteiger partial charge on any atom is -0.480 e. The van der Waals surface area contributed by atoms with Crippen LogP contribution in [-0.2, 0) is 28.6 Å². The van der Waals surface area contributed by atoms with Crippen LogP contribution in [0.4, 0.5) is 5.69 Å². The van der Waals surface area contributed by atoms with Crippen molar-refractivity contribution in [1.29, 1.82) is 0 Å². The van der Waals surface area contributed by atoms with Crippen molar-refractivity contribution in [3.05, 3.63) is 105 Å². The maximum Gasteiger partial charge on any atom is 0.331 e. The second kappa shape index (κ2) is 12.9. The molecule has 3 heterocycles. The molecule has 4 aromatic rings. The first-order valence-corrected chi connectivity index (χ1v) is 16.2. The number of aliphatic carboxylic acids is 1. The highest BCUT2D eigenvalue weighted by Crippen LogP contribution is 2.22. The number of carboxylic acids is 1. The molecule has 1 atom stereocenters. The Hall–Kier alpha value is -4.77. The van der Waals surface area contributed by atoms with Crippen LogP contribution in [0, 0.1) is 17.3 Å².